The van der Waals surface area contributed by atoms with Gasteiger partial charge in [-0.2, -0.15) is 15.0 Å². The Balaban J connectivity index is 2.21. The first-order chi connectivity index (χ1) is 22.0. The van der Waals surface area contributed by atoms with E-state index in [9.17, 15) is 10.2 Å². The molecule has 0 bridgehead atoms. The number of hydrogen-bond acceptors (Lipinski definition) is 14. The van der Waals surface area contributed by atoms with Gasteiger partial charge in [0.1, 0.15) is 13.2 Å². The van der Waals surface area contributed by atoms with Crippen molar-refractivity contribution in [2.24, 2.45) is 0 Å². The molecule has 4 N–H and O–H groups in total. The van der Waals surface area contributed by atoms with Crippen molar-refractivity contribution in [1.82, 2.24) is 25.6 Å². The van der Waals surface area contributed by atoms with E-state index in [1.54, 1.807) is 14.2 Å². The first-order valence-corrected chi connectivity index (χ1v) is 17.2. The van der Waals surface area contributed by atoms with Crippen LogP contribution in [0.5, 0.6) is 0 Å². The Morgan fingerprint density at radius 3 is 1.26 bits per heavy atom. The highest BCUT2D eigenvalue weighted by Gasteiger charge is 2.43. The number of aromatic nitrogens is 3. The van der Waals surface area contributed by atoms with Gasteiger partial charge in [0.2, 0.25) is 11.9 Å². The van der Waals surface area contributed by atoms with E-state index in [2.05, 4.69) is 75.8 Å². The molecule has 0 aromatic carbocycles. The number of anilines is 3. The highest BCUT2D eigenvalue weighted by atomic mass is 17.0. The Hall–Kier alpha value is -1.91. The second-order valence-electron chi connectivity index (χ2n) is 15.6. The van der Waals surface area contributed by atoms with Crippen molar-refractivity contribution in [2.75, 3.05) is 82.0 Å². The summed E-state index contributed by atoms with van der Waals surface area (Å²) in [4.78, 5) is 31.3. The molecule has 3 heterocycles. The van der Waals surface area contributed by atoms with Crippen molar-refractivity contribution in [3.05, 3.63) is 0 Å². The molecule has 272 valence electrons. The van der Waals surface area contributed by atoms with Crippen LogP contribution in [0.25, 0.3) is 0 Å². The largest absolute Gasteiger partial charge is 0.394 e. The molecule has 0 radical (unpaired) electrons. The van der Waals surface area contributed by atoms with Gasteiger partial charge in [-0.15, -0.1) is 0 Å². The van der Waals surface area contributed by atoms with E-state index < -0.39 is 0 Å². The average Bonchev–Trinajstić information content (AvgIpc) is 2.94. The van der Waals surface area contributed by atoms with Crippen molar-refractivity contribution < 1.29 is 29.4 Å². The minimum absolute atomic E-state index is 0.0375. The molecule has 0 unspecified atom stereocenters. The van der Waals surface area contributed by atoms with Crippen molar-refractivity contribution in [3.8, 4) is 0 Å². The molecule has 2 aliphatic heterocycles. The Kier molecular flexibility index (Phi) is 14.4. The van der Waals surface area contributed by atoms with Crippen LogP contribution >= 0.6 is 0 Å². The predicted octanol–water partition coefficient (Wildman–Crippen LogP) is 2.83. The zero-order valence-corrected chi connectivity index (χ0v) is 30.8. The molecular formula is C33H64N8O6. The van der Waals surface area contributed by atoms with Crippen molar-refractivity contribution in [2.45, 2.75) is 128 Å². The number of hydrogen-bond donors (Lipinski definition) is 4. The number of piperidine rings is 2. The molecule has 0 spiro atoms. The quantitative estimate of drug-likeness (QED) is 0.126. The van der Waals surface area contributed by atoms with Gasteiger partial charge in [-0.05, 0) is 93.9 Å². The molecule has 2 saturated heterocycles. The number of rotatable bonds is 19. The van der Waals surface area contributed by atoms with Gasteiger partial charge in [-0.1, -0.05) is 5.23 Å². The SMILES string of the molecule is COCCCN(c1nc(N(OCCO)OCCO)nc(N(CCCOC)C2CC(C)(C)NC(C)(C)C2)n1)C1CC(C)(C)NC(C)(C)C1. The van der Waals surface area contributed by atoms with Crippen LogP contribution in [-0.2, 0) is 19.1 Å². The average molecular weight is 669 g/mol. The summed E-state index contributed by atoms with van der Waals surface area (Å²) in [6.07, 6.45) is 5.13. The number of aliphatic hydroxyl groups is 2. The fraction of sp³-hybridized carbons (Fsp3) is 0.909. The van der Waals surface area contributed by atoms with E-state index in [0.29, 0.717) is 38.2 Å². The third kappa shape index (κ3) is 12.2. The van der Waals surface area contributed by atoms with Crippen LogP contribution in [0, 0.1) is 0 Å². The summed E-state index contributed by atoms with van der Waals surface area (Å²) >= 11 is 0. The van der Waals surface area contributed by atoms with Gasteiger partial charge in [-0.25, -0.2) is 9.68 Å². The number of nitrogens with zero attached hydrogens (tertiary/aromatic N) is 6. The van der Waals surface area contributed by atoms with Gasteiger partial charge in [0, 0.05) is 74.8 Å². The Bertz CT molecular complexity index is 981. The molecular weight excluding hydrogens is 604 g/mol. The summed E-state index contributed by atoms with van der Waals surface area (Å²) < 4.78 is 10.9. The van der Waals surface area contributed by atoms with Crippen LogP contribution in [0.3, 0.4) is 0 Å². The molecule has 2 aliphatic rings. The van der Waals surface area contributed by atoms with Gasteiger partial charge in [0.05, 0.1) is 13.2 Å². The zero-order chi connectivity index (χ0) is 34.9. The molecule has 14 nitrogen and oxygen atoms in total. The van der Waals surface area contributed by atoms with Gasteiger partial charge in [0.15, 0.2) is 0 Å². The summed E-state index contributed by atoms with van der Waals surface area (Å²) in [7, 11) is 3.43. The third-order valence-electron chi connectivity index (χ3n) is 8.59. The molecule has 14 heteroatoms. The number of aliphatic hydroxyl groups excluding tert-OH is 2. The van der Waals surface area contributed by atoms with Crippen LogP contribution < -0.4 is 25.7 Å². The molecule has 3 rings (SSSR count). The van der Waals surface area contributed by atoms with E-state index in [-0.39, 0.29) is 66.6 Å². The lowest BCUT2D eigenvalue weighted by molar-refractivity contribution is -0.106. The standard InChI is InChI=1S/C33H64N8O6/c1-30(2)21-25(22-31(3,4)37-30)39(13-11-17-44-9)27-34-28(36-29(35-27)41(46-19-15-42)47-20-16-43)40(14-12-18-45-10)26-23-32(5,6)38-33(7,8)24-26/h25-26,37-38,42-43H,11-24H2,1-10H3. The first-order valence-electron chi connectivity index (χ1n) is 17.2. The van der Waals surface area contributed by atoms with Crippen molar-refractivity contribution in [3.63, 3.8) is 0 Å². The molecule has 47 heavy (non-hydrogen) atoms. The molecule has 1 aromatic heterocycles. The molecule has 0 atom stereocenters. The lowest BCUT2D eigenvalue weighted by atomic mass is 9.79. The van der Waals surface area contributed by atoms with Crippen LogP contribution in [-0.4, -0.2) is 126 Å². The molecule has 0 amide bonds. The minimum atomic E-state index is -0.228. The second-order valence-corrected chi connectivity index (χ2v) is 15.6. The number of nitrogens with one attached hydrogen (secondary N) is 2. The summed E-state index contributed by atoms with van der Waals surface area (Å²) in [5.74, 6) is 1.20. The van der Waals surface area contributed by atoms with E-state index in [1.807, 2.05) is 0 Å². The lowest BCUT2D eigenvalue weighted by Gasteiger charge is -2.50. The highest BCUT2D eigenvalue weighted by molar-refractivity contribution is 5.47. The van der Waals surface area contributed by atoms with Crippen LogP contribution in [0.1, 0.15) is 93.9 Å². The normalized spacial score (nSPS) is 20.7. The summed E-state index contributed by atoms with van der Waals surface area (Å²) in [6, 6.07) is 0.259. The maximum absolute atomic E-state index is 9.59. The van der Waals surface area contributed by atoms with E-state index in [4.69, 9.17) is 34.1 Å². The monoisotopic (exact) mass is 668 g/mol. The maximum Gasteiger partial charge on any atom is 0.284 e. The van der Waals surface area contributed by atoms with E-state index >= 15 is 0 Å². The third-order valence-corrected chi connectivity index (χ3v) is 8.59. The Labute approximate surface area is 282 Å². The lowest BCUT2D eigenvalue weighted by Crippen LogP contribution is -2.63. The maximum atomic E-state index is 9.59. The minimum Gasteiger partial charge on any atom is -0.394 e. The van der Waals surface area contributed by atoms with E-state index in [0.717, 1.165) is 43.8 Å². The van der Waals surface area contributed by atoms with E-state index in [1.165, 1.54) is 0 Å². The van der Waals surface area contributed by atoms with Crippen LogP contribution in [0.4, 0.5) is 17.8 Å². The van der Waals surface area contributed by atoms with Gasteiger partial charge in [0.25, 0.3) is 5.95 Å². The smallest absolute Gasteiger partial charge is 0.284 e. The Morgan fingerprint density at radius 1 is 0.596 bits per heavy atom. The van der Waals surface area contributed by atoms with Crippen molar-refractivity contribution in [1.29, 1.82) is 0 Å². The van der Waals surface area contributed by atoms with Crippen LogP contribution in [0.15, 0.2) is 0 Å². The van der Waals surface area contributed by atoms with Crippen molar-refractivity contribution >= 4 is 17.8 Å². The Morgan fingerprint density at radius 2 is 0.936 bits per heavy atom. The predicted molar refractivity (Wildman–Crippen MR) is 185 cm³/mol. The fourth-order valence-corrected chi connectivity index (χ4v) is 7.71. The fourth-order valence-electron chi connectivity index (χ4n) is 7.71. The summed E-state index contributed by atoms with van der Waals surface area (Å²) in [6.45, 7) is 20.0. The summed E-state index contributed by atoms with van der Waals surface area (Å²) in [5.41, 5.74) is -0.430. The van der Waals surface area contributed by atoms with Gasteiger partial charge < -0.3 is 40.1 Å². The first kappa shape index (κ1) is 39.5. The highest BCUT2D eigenvalue weighted by Crippen LogP contribution is 2.36. The molecule has 2 fully saturated rings. The second kappa shape index (κ2) is 17.1. The van der Waals surface area contributed by atoms with Gasteiger partial charge in [-0.3, -0.25) is 0 Å². The molecule has 0 saturated carbocycles. The van der Waals surface area contributed by atoms with Gasteiger partial charge >= 0.3 is 0 Å². The number of methoxy groups -OCH3 is 2. The summed E-state index contributed by atoms with van der Waals surface area (Å²) in [5, 5.41) is 27.9. The zero-order valence-electron chi connectivity index (χ0n) is 30.8. The molecule has 0 aliphatic carbocycles. The molecule has 1 aromatic rings. The van der Waals surface area contributed by atoms with Crippen LogP contribution in [0.2, 0.25) is 0 Å². The topological polar surface area (TPSA) is 150 Å². The number of ether oxygens (including phenoxy) is 2.